The number of rotatable bonds is 3. The van der Waals surface area contributed by atoms with Crippen LogP contribution in [0.3, 0.4) is 0 Å². The second-order valence-corrected chi connectivity index (χ2v) is 4.52. The quantitative estimate of drug-likeness (QED) is 0.597. The fourth-order valence-corrected chi connectivity index (χ4v) is 1.45. The third-order valence-electron chi connectivity index (χ3n) is 1.34. The van der Waals surface area contributed by atoms with Gasteiger partial charge in [0.1, 0.15) is 0 Å². The molecule has 3 nitrogen and oxygen atoms in total. The van der Waals surface area contributed by atoms with E-state index in [1.54, 1.807) is 16.9 Å². The molecule has 1 N–H and O–H groups in total. The van der Waals surface area contributed by atoms with Crippen molar-refractivity contribution in [2.75, 3.05) is 0 Å². The van der Waals surface area contributed by atoms with Crippen molar-refractivity contribution in [2.45, 2.75) is 6.61 Å². The zero-order valence-electron chi connectivity index (χ0n) is 6.36. The molecule has 0 saturated carbocycles. The normalized spacial score (nSPS) is 12.8. The molecule has 0 aliphatic heterocycles. The molecule has 2 unspecified atom stereocenters. The van der Waals surface area contributed by atoms with Crippen LogP contribution in [-0.4, -0.2) is 21.7 Å². The van der Waals surface area contributed by atoms with Crippen LogP contribution >= 0.6 is 8.25 Å². The average molecular weight is 248 g/mol. The van der Waals surface area contributed by atoms with Crippen LogP contribution in [0.25, 0.3) is 0 Å². The molecular weight excluding hydrogens is 238 g/mol. The summed E-state index contributed by atoms with van der Waals surface area (Å²) in [7, 11) is -2.79. The van der Waals surface area contributed by atoms with E-state index in [9.17, 15) is 4.57 Å². The Labute approximate surface area is 80.2 Å². The number of hydrogen-bond donors (Lipinski definition) is 1. The maximum atomic E-state index is 10.2. The van der Waals surface area contributed by atoms with Gasteiger partial charge in [0.2, 0.25) is 0 Å². The Morgan fingerprint density at radius 3 is 2.50 bits per heavy atom. The molecule has 0 aliphatic rings. The van der Waals surface area contributed by atoms with E-state index >= 15 is 0 Å². The molecule has 1 rings (SSSR count). The molecule has 66 valence electrons. The summed E-state index contributed by atoms with van der Waals surface area (Å²) in [5, 5.41) is 0. The van der Waals surface area contributed by atoms with Crippen LogP contribution in [0, 0.1) is 0 Å². The van der Waals surface area contributed by atoms with E-state index in [1.807, 2.05) is 24.3 Å². The van der Waals surface area contributed by atoms with E-state index in [1.165, 1.54) is 4.35 Å². The molecule has 5 heteroatoms. The molecule has 0 bridgehead atoms. The number of benzene rings is 1. The van der Waals surface area contributed by atoms with Gasteiger partial charge in [-0.1, -0.05) is 0 Å². The van der Waals surface area contributed by atoms with E-state index < -0.39 is 8.25 Å². The van der Waals surface area contributed by atoms with Crippen LogP contribution in [0.2, 0.25) is 0 Å². The fraction of sp³-hybridized carbons (Fsp3) is 0.143. The second kappa shape index (κ2) is 4.83. The Hall–Kier alpha value is -0.0716. The minimum atomic E-state index is -2.79. The van der Waals surface area contributed by atoms with Gasteiger partial charge in [0, 0.05) is 0 Å². The number of hydrogen-bond acceptors (Lipinski definition) is 2. The topological polar surface area (TPSA) is 46.5 Å². The van der Waals surface area contributed by atoms with Gasteiger partial charge in [-0.25, -0.2) is 0 Å². The SMILES string of the molecule is O=[PH](O)OCc1ccc([AsH2])cc1. The average Bonchev–Trinajstić information content (AvgIpc) is 2.03. The summed E-state index contributed by atoms with van der Waals surface area (Å²) in [6.07, 6.45) is 0. The monoisotopic (exact) mass is 248 g/mol. The zero-order chi connectivity index (χ0) is 8.97. The predicted molar refractivity (Wildman–Crippen MR) is 50.6 cm³/mol. The Morgan fingerprint density at radius 2 is 2.00 bits per heavy atom. The van der Waals surface area contributed by atoms with Crippen molar-refractivity contribution >= 4 is 29.5 Å². The van der Waals surface area contributed by atoms with Gasteiger partial charge in [0.15, 0.2) is 0 Å². The first kappa shape index (κ1) is 10.0. The van der Waals surface area contributed by atoms with Crippen LogP contribution in [0.15, 0.2) is 24.3 Å². The van der Waals surface area contributed by atoms with Gasteiger partial charge in [-0.05, 0) is 0 Å². The fourth-order valence-electron chi connectivity index (χ4n) is 0.759. The standard InChI is InChI=1S/C7H10AsO3P/c8-7-3-1-6(2-4-7)5-11-12(9)10/h1-4,12H,5,8H2,(H,9,10). The van der Waals surface area contributed by atoms with Gasteiger partial charge >= 0.3 is 79.9 Å². The van der Waals surface area contributed by atoms with Gasteiger partial charge in [-0.2, -0.15) is 0 Å². The molecule has 0 fully saturated rings. The molecule has 0 aliphatic carbocycles. The summed E-state index contributed by atoms with van der Waals surface area (Å²) in [6.45, 7) is 0.210. The molecule has 0 saturated heterocycles. The molecule has 2 atom stereocenters. The molecule has 0 spiro atoms. The molecule has 0 heterocycles. The van der Waals surface area contributed by atoms with Crippen LogP contribution in [0.4, 0.5) is 0 Å². The van der Waals surface area contributed by atoms with Gasteiger partial charge < -0.3 is 0 Å². The van der Waals surface area contributed by atoms with E-state index in [0.29, 0.717) is 0 Å². The molecule has 0 amide bonds. The van der Waals surface area contributed by atoms with Crippen molar-refractivity contribution in [3.8, 4) is 0 Å². The van der Waals surface area contributed by atoms with E-state index in [0.717, 1.165) is 5.56 Å². The first-order chi connectivity index (χ1) is 5.68. The minimum absolute atomic E-state index is 0.210. The van der Waals surface area contributed by atoms with Gasteiger partial charge in [-0.15, -0.1) is 0 Å². The molecule has 1 aromatic carbocycles. The van der Waals surface area contributed by atoms with Gasteiger partial charge in [-0.3, -0.25) is 0 Å². The third-order valence-corrected chi connectivity index (χ3v) is 2.54. The van der Waals surface area contributed by atoms with Crippen molar-refractivity contribution in [1.82, 2.24) is 0 Å². The second-order valence-electron chi connectivity index (χ2n) is 2.30. The Kier molecular flexibility index (Phi) is 4.03. The Bertz CT molecular complexity index is 272. The van der Waals surface area contributed by atoms with Crippen molar-refractivity contribution < 1.29 is 14.0 Å². The Balaban J connectivity index is 2.53. The predicted octanol–water partition coefficient (Wildman–Crippen LogP) is -0.156. The zero-order valence-corrected chi connectivity index (χ0v) is 9.78. The molecule has 12 heavy (non-hydrogen) atoms. The van der Waals surface area contributed by atoms with Crippen molar-refractivity contribution in [2.24, 2.45) is 0 Å². The van der Waals surface area contributed by atoms with E-state index in [4.69, 9.17) is 4.89 Å². The molecule has 1 aromatic rings. The first-order valence-electron chi connectivity index (χ1n) is 3.38. The molecular formula is C7H10AsO3P. The molecule has 0 aromatic heterocycles. The van der Waals surface area contributed by atoms with Crippen molar-refractivity contribution in [3.63, 3.8) is 0 Å². The van der Waals surface area contributed by atoms with Crippen molar-refractivity contribution in [3.05, 3.63) is 29.8 Å². The van der Waals surface area contributed by atoms with Gasteiger partial charge in [0.25, 0.3) is 0 Å². The molecule has 0 radical (unpaired) electrons. The van der Waals surface area contributed by atoms with Crippen LogP contribution in [0.1, 0.15) is 5.56 Å². The van der Waals surface area contributed by atoms with Gasteiger partial charge in [0.05, 0.1) is 0 Å². The summed E-state index contributed by atoms with van der Waals surface area (Å²) < 4.78 is 16.0. The van der Waals surface area contributed by atoms with E-state index in [-0.39, 0.29) is 6.61 Å². The van der Waals surface area contributed by atoms with Crippen LogP contribution < -0.4 is 4.35 Å². The summed E-state index contributed by atoms with van der Waals surface area (Å²) in [5.74, 6) is 0. The van der Waals surface area contributed by atoms with E-state index in [2.05, 4.69) is 4.52 Å². The van der Waals surface area contributed by atoms with Crippen LogP contribution in [0.5, 0.6) is 0 Å². The summed E-state index contributed by atoms with van der Waals surface area (Å²) in [5.41, 5.74) is 0.920. The Morgan fingerprint density at radius 1 is 1.42 bits per heavy atom. The van der Waals surface area contributed by atoms with Crippen LogP contribution in [-0.2, 0) is 15.7 Å². The maximum absolute atomic E-state index is 10.2. The van der Waals surface area contributed by atoms with Crippen molar-refractivity contribution in [1.29, 1.82) is 0 Å². The first-order valence-corrected chi connectivity index (χ1v) is 5.86. The third kappa shape index (κ3) is 3.55. The summed E-state index contributed by atoms with van der Waals surface area (Å²) in [4.78, 5) is 8.40. The summed E-state index contributed by atoms with van der Waals surface area (Å²) in [6, 6.07) is 7.71. The summed E-state index contributed by atoms with van der Waals surface area (Å²) >= 11 is 1.55.